The van der Waals surface area contributed by atoms with Crippen LogP contribution in [0.4, 0.5) is 4.79 Å². The van der Waals surface area contributed by atoms with Gasteiger partial charge in [0.1, 0.15) is 12.1 Å². The number of hydrogen-bond acceptors (Lipinski definition) is 5. The molecule has 8 heteroatoms. The minimum atomic E-state index is -0.839. The largest absolute Gasteiger partial charge is 0.493 e. The molecule has 1 spiro atoms. The number of rotatable bonds is 7. The monoisotopic (exact) mass is 417 g/mol. The van der Waals surface area contributed by atoms with E-state index in [-0.39, 0.29) is 24.3 Å². The number of carbonyl (C=O) groups is 3. The molecule has 1 aromatic rings. The molecule has 2 aliphatic rings. The maximum absolute atomic E-state index is 13.0. The molecule has 1 aliphatic heterocycles. The number of nitrogens with zero attached hydrogens (tertiary/aromatic N) is 2. The van der Waals surface area contributed by atoms with E-state index >= 15 is 0 Å². The van der Waals surface area contributed by atoms with E-state index in [0.29, 0.717) is 30.9 Å². The van der Waals surface area contributed by atoms with Gasteiger partial charge in [0.2, 0.25) is 5.91 Å². The quantitative estimate of drug-likeness (QED) is 0.687. The lowest BCUT2D eigenvalue weighted by Crippen LogP contribution is -2.54. The number of likely N-dealkylation sites (N-methyl/N-ethyl adjacent to an activating group) is 1. The molecule has 8 nitrogen and oxygen atoms in total. The van der Waals surface area contributed by atoms with Gasteiger partial charge < -0.3 is 19.7 Å². The van der Waals surface area contributed by atoms with E-state index in [0.717, 1.165) is 29.7 Å². The first-order valence-electron chi connectivity index (χ1n) is 10.4. The molecule has 1 aliphatic carbocycles. The second-order valence-corrected chi connectivity index (χ2v) is 8.19. The average Bonchev–Trinajstić information content (AvgIpc) is 2.98. The highest BCUT2D eigenvalue weighted by atomic mass is 16.5. The number of hydrogen-bond donors (Lipinski definition) is 1. The Morgan fingerprint density at radius 3 is 2.63 bits per heavy atom. The maximum atomic E-state index is 13.0. The van der Waals surface area contributed by atoms with Gasteiger partial charge in [0, 0.05) is 13.6 Å². The van der Waals surface area contributed by atoms with E-state index in [9.17, 15) is 14.4 Å². The Morgan fingerprint density at radius 2 is 1.97 bits per heavy atom. The number of methoxy groups -OCH3 is 2. The summed E-state index contributed by atoms with van der Waals surface area (Å²) >= 11 is 0. The first-order chi connectivity index (χ1) is 14.3. The molecule has 164 valence electrons. The van der Waals surface area contributed by atoms with E-state index in [2.05, 4.69) is 5.32 Å². The van der Waals surface area contributed by atoms with Crippen LogP contribution >= 0.6 is 0 Å². The van der Waals surface area contributed by atoms with Crippen LogP contribution in [0.15, 0.2) is 18.2 Å². The topological polar surface area (TPSA) is 88.2 Å². The highest BCUT2D eigenvalue weighted by Crippen LogP contribution is 2.38. The fraction of sp³-hybridized carbons (Fsp3) is 0.591. The predicted octanol–water partition coefficient (Wildman–Crippen LogP) is 2.21. The third-order valence-corrected chi connectivity index (χ3v) is 6.40. The smallest absolute Gasteiger partial charge is 0.325 e. The number of carbonyl (C=O) groups excluding carboxylic acids is 3. The fourth-order valence-electron chi connectivity index (χ4n) is 4.35. The lowest BCUT2D eigenvalue weighted by molar-refractivity contribution is -0.140. The van der Waals surface area contributed by atoms with Crippen LogP contribution in [0.2, 0.25) is 0 Å². The molecule has 2 atom stereocenters. The number of urea groups is 1. The third-order valence-electron chi connectivity index (χ3n) is 6.40. The Kier molecular flexibility index (Phi) is 6.53. The van der Waals surface area contributed by atoms with Crippen molar-refractivity contribution in [3.8, 4) is 11.5 Å². The summed E-state index contributed by atoms with van der Waals surface area (Å²) in [6, 6.07) is 5.16. The summed E-state index contributed by atoms with van der Waals surface area (Å²) in [5.74, 6) is 0.830. The molecule has 1 N–H and O–H groups in total. The number of nitrogens with one attached hydrogen (secondary N) is 1. The first-order valence-corrected chi connectivity index (χ1v) is 10.4. The van der Waals surface area contributed by atoms with Crippen LogP contribution in [0.5, 0.6) is 11.5 Å². The van der Waals surface area contributed by atoms with Crippen molar-refractivity contribution in [3.63, 3.8) is 0 Å². The lowest BCUT2D eigenvalue weighted by Gasteiger charge is -2.36. The van der Waals surface area contributed by atoms with Gasteiger partial charge in [-0.05, 0) is 42.9 Å². The van der Waals surface area contributed by atoms with E-state index in [1.165, 1.54) is 0 Å². The molecule has 3 rings (SSSR count). The van der Waals surface area contributed by atoms with Crippen molar-refractivity contribution >= 4 is 17.8 Å². The Bertz CT molecular complexity index is 827. The normalized spacial score (nSPS) is 23.5. The van der Waals surface area contributed by atoms with Gasteiger partial charge in [-0.1, -0.05) is 25.8 Å². The van der Waals surface area contributed by atoms with Gasteiger partial charge in [-0.2, -0.15) is 0 Å². The van der Waals surface area contributed by atoms with Crippen LogP contribution in [0.3, 0.4) is 0 Å². The van der Waals surface area contributed by atoms with Crippen molar-refractivity contribution in [2.45, 2.75) is 44.6 Å². The summed E-state index contributed by atoms with van der Waals surface area (Å²) in [6.07, 6.45) is 4.12. The number of ether oxygens (including phenoxy) is 2. The summed E-state index contributed by atoms with van der Waals surface area (Å²) in [5, 5.41) is 2.89. The Balaban J connectivity index is 1.59. The molecule has 1 aromatic carbocycles. The second kappa shape index (κ2) is 8.93. The van der Waals surface area contributed by atoms with E-state index in [1.54, 1.807) is 26.2 Å². The van der Waals surface area contributed by atoms with Crippen LogP contribution in [0, 0.1) is 5.92 Å². The van der Waals surface area contributed by atoms with Crippen LogP contribution in [0.1, 0.15) is 38.2 Å². The van der Waals surface area contributed by atoms with Gasteiger partial charge in [0.25, 0.3) is 5.91 Å². The molecular formula is C22H31N3O5. The number of benzene rings is 1. The molecule has 1 saturated carbocycles. The molecule has 2 fully saturated rings. The number of imide groups is 1. The van der Waals surface area contributed by atoms with Gasteiger partial charge in [-0.15, -0.1) is 0 Å². The summed E-state index contributed by atoms with van der Waals surface area (Å²) in [4.78, 5) is 40.8. The second-order valence-electron chi connectivity index (χ2n) is 8.19. The number of amides is 4. The van der Waals surface area contributed by atoms with Gasteiger partial charge in [0.05, 0.1) is 14.2 Å². The summed E-state index contributed by atoms with van der Waals surface area (Å²) in [5.41, 5.74) is 0.158. The van der Waals surface area contributed by atoms with Crippen LogP contribution < -0.4 is 14.8 Å². The van der Waals surface area contributed by atoms with Gasteiger partial charge in [-0.25, -0.2) is 4.79 Å². The first kappa shape index (κ1) is 21.9. The molecule has 30 heavy (non-hydrogen) atoms. The Labute approximate surface area is 177 Å². The van der Waals surface area contributed by atoms with Crippen molar-refractivity contribution in [3.05, 3.63) is 23.8 Å². The molecule has 1 saturated heterocycles. The van der Waals surface area contributed by atoms with Gasteiger partial charge >= 0.3 is 6.03 Å². The van der Waals surface area contributed by atoms with E-state index in [1.807, 2.05) is 25.1 Å². The Hall–Kier alpha value is -2.77. The van der Waals surface area contributed by atoms with Crippen molar-refractivity contribution in [2.75, 3.05) is 34.4 Å². The Morgan fingerprint density at radius 1 is 1.23 bits per heavy atom. The zero-order valence-electron chi connectivity index (χ0n) is 18.2. The fourth-order valence-corrected chi connectivity index (χ4v) is 4.35. The molecule has 0 unspecified atom stereocenters. The third kappa shape index (κ3) is 4.08. The predicted molar refractivity (Wildman–Crippen MR) is 111 cm³/mol. The van der Waals surface area contributed by atoms with Crippen molar-refractivity contribution in [2.24, 2.45) is 5.92 Å². The van der Waals surface area contributed by atoms with Crippen molar-refractivity contribution < 1.29 is 23.9 Å². The van der Waals surface area contributed by atoms with Gasteiger partial charge in [-0.3, -0.25) is 14.5 Å². The molecule has 1 heterocycles. The SMILES string of the molecule is COc1ccc(CCN(C)C(=O)CN2C(=O)N[C@@]3(CCCC[C@H]3C)C2=O)cc1OC. The molecule has 0 bridgehead atoms. The summed E-state index contributed by atoms with van der Waals surface area (Å²) < 4.78 is 10.6. The van der Waals surface area contributed by atoms with Crippen LogP contribution in [-0.2, 0) is 16.0 Å². The highest BCUT2D eigenvalue weighted by Gasteiger charge is 2.55. The molecule has 0 radical (unpaired) electrons. The van der Waals surface area contributed by atoms with Crippen LogP contribution in [-0.4, -0.2) is 67.5 Å². The molecule has 0 aromatic heterocycles. The highest BCUT2D eigenvalue weighted by molar-refractivity contribution is 6.09. The zero-order valence-corrected chi connectivity index (χ0v) is 18.2. The maximum Gasteiger partial charge on any atom is 0.325 e. The molecule has 4 amide bonds. The lowest BCUT2D eigenvalue weighted by atomic mass is 9.73. The minimum Gasteiger partial charge on any atom is -0.493 e. The van der Waals surface area contributed by atoms with Crippen LogP contribution in [0.25, 0.3) is 0 Å². The summed E-state index contributed by atoms with van der Waals surface area (Å²) in [6.45, 7) is 2.22. The van der Waals surface area contributed by atoms with E-state index in [4.69, 9.17) is 9.47 Å². The standard InChI is InChI=1S/C22H31N3O5/c1-15-7-5-6-11-22(15)20(27)25(21(28)23-22)14-19(26)24(2)12-10-16-8-9-17(29-3)18(13-16)30-4/h8-9,13,15H,5-7,10-12,14H2,1-4H3,(H,23,28)/t15-,22-/m1/s1. The molecular weight excluding hydrogens is 386 g/mol. The zero-order chi connectivity index (χ0) is 21.9. The van der Waals surface area contributed by atoms with Crippen molar-refractivity contribution in [1.29, 1.82) is 0 Å². The summed E-state index contributed by atoms with van der Waals surface area (Å²) in [7, 11) is 4.84. The average molecular weight is 418 g/mol. The van der Waals surface area contributed by atoms with Crippen molar-refractivity contribution in [1.82, 2.24) is 15.1 Å². The van der Waals surface area contributed by atoms with E-state index < -0.39 is 11.6 Å². The minimum absolute atomic E-state index is 0.0746. The van der Waals surface area contributed by atoms with Gasteiger partial charge in [0.15, 0.2) is 11.5 Å².